The van der Waals surface area contributed by atoms with E-state index in [1.54, 1.807) is 19.9 Å². The van der Waals surface area contributed by atoms with Crippen molar-refractivity contribution >= 4 is 29.4 Å². The summed E-state index contributed by atoms with van der Waals surface area (Å²) < 4.78 is 6.93. The maximum Gasteiger partial charge on any atom is 0.238 e. The lowest BCUT2D eigenvalue weighted by Gasteiger charge is -2.20. The van der Waals surface area contributed by atoms with E-state index in [1.807, 2.05) is 16.4 Å². The Morgan fingerprint density at radius 2 is 2.18 bits per heavy atom. The van der Waals surface area contributed by atoms with E-state index in [1.165, 1.54) is 11.8 Å². The topological polar surface area (TPSA) is 106 Å². The number of aryl methyl sites for hydroxylation is 1. The Labute approximate surface area is 168 Å². The van der Waals surface area contributed by atoms with Gasteiger partial charge in [-0.3, -0.25) is 9.59 Å². The number of likely N-dealkylation sites (tertiary alicyclic amines) is 1. The molecule has 0 saturated carbocycles. The maximum absolute atomic E-state index is 12.4. The molecule has 0 aromatic carbocycles. The molecule has 0 bridgehead atoms. The van der Waals surface area contributed by atoms with Crippen LogP contribution in [0.2, 0.25) is 0 Å². The van der Waals surface area contributed by atoms with Crippen LogP contribution in [-0.4, -0.2) is 48.4 Å². The van der Waals surface area contributed by atoms with Gasteiger partial charge in [0.05, 0.1) is 11.8 Å². The standard InChI is InChI=1S/C18H26N6O3S/c1-4-24-15(11-23-9-7-5-6-8-16(23)25)20-21-18(24)28-13(3)17(26)19-14-10-12(2)27-22-14/h10,13H,4-9,11H2,1-3H3,(H,19,22,26)/t13-/m1/s1. The number of amides is 2. The van der Waals surface area contributed by atoms with Crippen LogP contribution in [0.25, 0.3) is 0 Å². The summed E-state index contributed by atoms with van der Waals surface area (Å²) in [6.45, 7) is 7.46. The highest BCUT2D eigenvalue weighted by Crippen LogP contribution is 2.24. The molecule has 1 aliphatic rings. The van der Waals surface area contributed by atoms with E-state index in [9.17, 15) is 9.59 Å². The van der Waals surface area contributed by atoms with Crippen LogP contribution in [0.1, 0.15) is 51.1 Å². The minimum absolute atomic E-state index is 0.174. The monoisotopic (exact) mass is 406 g/mol. The largest absolute Gasteiger partial charge is 0.360 e. The van der Waals surface area contributed by atoms with E-state index in [0.717, 1.165) is 31.6 Å². The Morgan fingerprint density at radius 3 is 2.89 bits per heavy atom. The highest BCUT2D eigenvalue weighted by Gasteiger charge is 2.23. The summed E-state index contributed by atoms with van der Waals surface area (Å²) in [6.07, 6.45) is 3.66. The van der Waals surface area contributed by atoms with Gasteiger partial charge in [0, 0.05) is 25.6 Å². The van der Waals surface area contributed by atoms with Gasteiger partial charge in [0.15, 0.2) is 16.8 Å². The second-order valence-electron chi connectivity index (χ2n) is 6.84. The number of nitrogens with zero attached hydrogens (tertiary/aromatic N) is 5. The van der Waals surface area contributed by atoms with Gasteiger partial charge in [0.1, 0.15) is 5.76 Å². The van der Waals surface area contributed by atoms with Crippen LogP contribution in [0.4, 0.5) is 5.82 Å². The van der Waals surface area contributed by atoms with Crippen LogP contribution in [0.15, 0.2) is 15.7 Å². The van der Waals surface area contributed by atoms with Crippen LogP contribution < -0.4 is 5.32 Å². The summed E-state index contributed by atoms with van der Waals surface area (Å²) in [5, 5.41) is 15.3. The van der Waals surface area contributed by atoms with Crippen LogP contribution in [0.5, 0.6) is 0 Å². The third-order valence-corrected chi connectivity index (χ3v) is 5.72. The first-order chi connectivity index (χ1) is 13.5. The lowest BCUT2D eigenvalue weighted by Crippen LogP contribution is -2.31. The minimum Gasteiger partial charge on any atom is -0.360 e. The molecular formula is C18H26N6O3S. The Kier molecular flexibility index (Phi) is 6.71. The third-order valence-electron chi connectivity index (χ3n) is 4.64. The molecule has 0 aliphatic carbocycles. The van der Waals surface area contributed by atoms with Gasteiger partial charge in [-0.1, -0.05) is 23.3 Å². The zero-order chi connectivity index (χ0) is 20.1. The minimum atomic E-state index is -0.390. The van der Waals surface area contributed by atoms with Gasteiger partial charge in [-0.25, -0.2) is 0 Å². The number of aromatic nitrogens is 4. The molecule has 28 heavy (non-hydrogen) atoms. The predicted octanol–water partition coefficient (Wildman–Crippen LogP) is 2.62. The zero-order valence-electron chi connectivity index (χ0n) is 16.5. The summed E-state index contributed by atoms with van der Waals surface area (Å²) in [6, 6.07) is 1.67. The van der Waals surface area contributed by atoms with Crippen LogP contribution in [-0.2, 0) is 22.7 Å². The smallest absolute Gasteiger partial charge is 0.238 e. The number of anilines is 1. The van der Waals surface area contributed by atoms with Crippen molar-refractivity contribution in [2.24, 2.45) is 0 Å². The first-order valence-electron chi connectivity index (χ1n) is 9.58. The zero-order valence-corrected chi connectivity index (χ0v) is 17.3. The number of hydrogen-bond donors (Lipinski definition) is 1. The third kappa shape index (κ3) is 4.92. The summed E-state index contributed by atoms with van der Waals surface area (Å²) in [4.78, 5) is 26.5. The number of rotatable bonds is 7. The van der Waals surface area contributed by atoms with Crippen molar-refractivity contribution in [2.45, 2.75) is 70.0 Å². The molecule has 0 spiro atoms. The Bertz CT molecular complexity index is 833. The predicted molar refractivity (Wildman–Crippen MR) is 105 cm³/mol. The SMILES string of the molecule is CCn1c(CN2CCCCCC2=O)nnc1S[C@H](C)C(=O)Nc1cc(C)on1. The summed E-state index contributed by atoms with van der Waals surface area (Å²) in [5.41, 5.74) is 0. The van der Waals surface area contributed by atoms with Gasteiger partial charge < -0.3 is 19.3 Å². The molecule has 1 N–H and O–H groups in total. The number of thioether (sulfide) groups is 1. The van der Waals surface area contributed by atoms with Crippen molar-refractivity contribution in [1.29, 1.82) is 0 Å². The molecule has 10 heteroatoms. The molecule has 152 valence electrons. The summed E-state index contributed by atoms with van der Waals surface area (Å²) >= 11 is 1.33. The second kappa shape index (κ2) is 9.22. The van der Waals surface area contributed by atoms with Crippen molar-refractivity contribution in [3.63, 3.8) is 0 Å². The molecule has 1 saturated heterocycles. The van der Waals surface area contributed by atoms with Crippen molar-refractivity contribution in [1.82, 2.24) is 24.8 Å². The van der Waals surface area contributed by atoms with E-state index >= 15 is 0 Å². The van der Waals surface area contributed by atoms with Crippen LogP contribution in [0.3, 0.4) is 0 Å². The number of carbonyl (C=O) groups excluding carboxylic acids is 2. The van der Waals surface area contributed by atoms with E-state index in [2.05, 4.69) is 20.7 Å². The average molecular weight is 407 g/mol. The molecule has 2 amide bonds. The normalized spacial score (nSPS) is 16.1. The van der Waals surface area contributed by atoms with Crippen molar-refractivity contribution < 1.29 is 14.1 Å². The molecule has 0 radical (unpaired) electrons. The molecule has 1 aliphatic heterocycles. The number of nitrogens with one attached hydrogen (secondary N) is 1. The van der Waals surface area contributed by atoms with Gasteiger partial charge in [-0.2, -0.15) is 0 Å². The Hall–Kier alpha value is -2.36. The fourth-order valence-corrected chi connectivity index (χ4v) is 4.01. The fraction of sp³-hybridized carbons (Fsp3) is 0.611. The lowest BCUT2D eigenvalue weighted by molar-refractivity contribution is -0.131. The van der Waals surface area contributed by atoms with Crippen molar-refractivity contribution in [3.05, 3.63) is 17.7 Å². The quantitative estimate of drug-likeness (QED) is 0.705. The first kappa shape index (κ1) is 20.4. The summed E-state index contributed by atoms with van der Waals surface area (Å²) in [5.74, 6) is 1.77. The Morgan fingerprint density at radius 1 is 1.36 bits per heavy atom. The molecule has 3 rings (SSSR count). The van der Waals surface area contributed by atoms with Gasteiger partial charge in [-0.15, -0.1) is 10.2 Å². The molecule has 0 unspecified atom stereocenters. The molecule has 1 fully saturated rings. The van der Waals surface area contributed by atoms with E-state index in [0.29, 0.717) is 36.2 Å². The van der Waals surface area contributed by atoms with E-state index in [-0.39, 0.29) is 17.1 Å². The molecule has 2 aromatic rings. The van der Waals surface area contributed by atoms with Crippen LogP contribution >= 0.6 is 11.8 Å². The molecule has 2 aromatic heterocycles. The first-order valence-corrected chi connectivity index (χ1v) is 10.5. The molecule has 3 heterocycles. The van der Waals surface area contributed by atoms with Gasteiger partial charge in [0.25, 0.3) is 0 Å². The van der Waals surface area contributed by atoms with Crippen molar-refractivity contribution in [2.75, 3.05) is 11.9 Å². The highest BCUT2D eigenvalue weighted by molar-refractivity contribution is 8.00. The average Bonchev–Trinajstić information content (AvgIpc) is 3.18. The highest BCUT2D eigenvalue weighted by atomic mass is 32.2. The second-order valence-corrected chi connectivity index (χ2v) is 8.15. The van der Waals surface area contributed by atoms with Gasteiger partial charge >= 0.3 is 0 Å². The van der Waals surface area contributed by atoms with Crippen LogP contribution in [0, 0.1) is 6.92 Å². The molecular weight excluding hydrogens is 380 g/mol. The lowest BCUT2D eigenvalue weighted by atomic mass is 10.2. The molecule has 9 nitrogen and oxygen atoms in total. The van der Waals surface area contributed by atoms with E-state index < -0.39 is 0 Å². The Balaban J connectivity index is 1.65. The van der Waals surface area contributed by atoms with Gasteiger partial charge in [-0.05, 0) is 33.6 Å². The number of carbonyl (C=O) groups is 2. The van der Waals surface area contributed by atoms with Gasteiger partial charge in [0.2, 0.25) is 11.8 Å². The number of hydrogen-bond acceptors (Lipinski definition) is 7. The summed E-state index contributed by atoms with van der Waals surface area (Å²) in [7, 11) is 0. The van der Waals surface area contributed by atoms with Crippen molar-refractivity contribution in [3.8, 4) is 0 Å². The van der Waals surface area contributed by atoms with E-state index in [4.69, 9.17) is 4.52 Å². The maximum atomic E-state index is 12.4. The fourth-order valence-electron chi connectivity index (χ4n) is 3.08. The molecule has 1 atom stereocenters.